The van der Waals surface area contributed by atoms with E-state index in [2.05, 4.69) is 5.32 Å². The maximum Gasteiger partial charge on any atom is 0.324 e. The van der Waals surface area contributed by atoms with Gasteiger partial charge in [-0.2, -0.15) is 0 Å². The summed E-state index contributed by atoms with van der Waals surface area (Å²) in [5, 5.41) is 2.40. The highest BCUT2D eigenvalue weighted by molar-refractivity contribution is 7.84. The number of urea groups is 1. The van der Waals surface area contributed by atoms with Crippen molar-refractivity contribution in [3.63, 3.8) is 0 Å². The number of hydrogen-bond donors (Lipinski definition) is 1. The highest BCUT2D eigenvalue weighted by Gasteiger charge is 2.27. The molecule has 0 radical (unpaired) electrons. The van der Waals surface area contributed by atoms with Gasteiger partial charge in [-0.05, 0) is 0 Å². The number of nitrogens with zero attached hydrogens (tertiary/aromatic N) is 1. The number of amides is 3. The summed E-state index contributed by atoms with van der Waals surface area (Å²) in [6, 6.07) is -0.377. The number of carbonyl (C=O) groups is 2. The average Bonchev–Trinajstić information content (AvgIpc) is 2.43. The first-order chi connectivity index (χ1) is 6.15. The minimum atomic E-state index is -0.927. The molecule has 1 rings (SSSR count). The summed E-state index contributed by atoms with van der Waals surface area (Å²) in [5.74, 6) is 0.692. The molecule has 1 aliphatic heterocycles. The summed E-state index contributed by atoms with van der Waals surface area (Å²) < 4.78 is 11.0. The highest BCUT2D eigenvalue weighted by atomic mass is 32.2. The maximum absolute atomic E-state index is 11.0. The van der Waals surface area contributed by atoms with Crippen molar-refractivity contribution in [2.75, 3.05) is 24.6 Å². The minimum absolute atomic E-state index is 0.0671. The third kappa shape index (κ3) is 2.51. The third-order valence-electron chi connectivity index (χ3n) is 1.80. The molecule has 1 N–H and O–H groups in total. The number of rotatable bonds is 4. The van der Waals surface area contributed by atoms with E-state index in [9.17, 15) is 13.8 Å². The van der Waals surface area contributed by atoms with E-state index in [1.807, 2.05) is 6.92 Å². The maximum atomic E-state index is 11.0. The second kappa shape index (κ2) is 4.36. The zero-order chi connectivity index (χ0) is 9.84. The summed E-state index contributed by atoms with van der Waals surface area (Å²) in [5.41, 5.74) is 0. The Kier molecular flexibility index (Phi) is 3.41. The van der Waals surface area contributed by atoms with Crippen molar-refractivity contribution in [1.29, 1.82) is 0 Å². The van der Waals surface area contributed by atoms with Crippen LogP contribution in [0.25, 0.3) is 0 Å². The van der Waals surface area contributed by atoms with E-state index >= 15 is 0 Å². The van der Waals surface area contributed by atoms with Crippen LogP contribution in [0.2, 0.25) is 0 Å². The topological polar surface area (TPSA) is 66.5 Å². The molecular formula is C7H12N2O3S. The third-order valence-corrected chi connectivity index (χ3v) is 3.08. The zero-order valence-corrected chi connectivity index (χ0v) is 8.23. The van der Waals surface area contributed by atoms with Crippen LogP contribution < -0.4 is 5.32 Å². The van der Waals surface area contributed by atoms with Crippen molar-refractivity contribution in [3.8, 4) is 0 Å². The van der Waals surface area contributed by atoms with Gasteiger partial charge in [0.2, 0.25) is 5.91 Å². The van der Waals surface area contributed by atoms with Crippen LogP contribution in [0.4, 0.5) is 4.79 Å². The van der Waals surface area contributed by atoms with Gasteiger partial charge in [0.15, 0.2) is 0 Å². The van der Waals surface area contributed by atoms with Gasteiger partial charge in [0.05, 0.1) is 6.54 Å². The standard InChI is InChI=1S/C7H12N2O3S/c1-2-13(12)4-3-9-6(10)5-8-7(9)11/h2-5H2,1H3,(H,8,11). The smallest absolute Gasteiger partial charge is 0.324 e. The molecule has 6 heteroatoms. The number of hydrogen-bond acceptors (Lipinski definition) is 3. The molecule has 0 aromatic rings. The van der Waals surface area contributed by atoms with Crippen LogP contribution >= 0.6 is 0 Å². The zero-order valence-electron chi connectivity index (χ0n) is 7.41. The van der Waals surface area contributed by atoms with Crippen LogP contribution in [0.3, 0.4) is 0 Å². The Bertz CT molecular complexity index is 238. The van der Waals surface area contributed by atoms with E-state index in [0.717, 1.165) is 4.90 Å². The van der Waals surface area contributed by atoms with E-state index in [1.165, 1.54) is 0 Å². The molecular weight excluding hydrogens is 192 g/mol. The second-order valence-electron chi connectivity index (χ2n) is 2.64. The molecule has 0 saturated carbocycles. The van der Waals surface area contributed by atoms with Crippen molar-refractivity contribution < 1.29 is 13.8 Å². The summed E-state index contributed by atoms with van der Waals surface area (Å²) in [4.78, 5) is 23.1. The van der Waals surface area contributed by atoms with E-state index in [1.54, 1.807) is 0 Å². The Labute approximate surface area is 78.9 Å². The first-order valence-electron chi connectivity index (χ1n) is 4.08. The molecule has 1 fully saturated rings. The number of carbonyl (C=O) groups excluding carboxylic acids is 2. The van der Waals surface area contributed by atoms with Gasteiger partial charge in [0, 0.05) is 28.9 Å². The molecule has 0 bridgehead atoms. The van der Waals surface area contributed by atoms with Gasteiger partial charge in [-0.15, -0.1) is 0 Å². The van der Waals surface area contributed by atoms with Crippen LogP contribution in [-0.2, 0) is 15.6 Å². The normalized spacial score (nSPS) is 19.0. The summed E-state index contributed by atoms with van der Waals surface area (Å²) in [6.45, 7) is 2.13. The second-order valence-corrected chi connectivity index (χ2v) is 4.50. The SMILES string of the molecule is CCS(=O)CCN1C(=O)CNC1=O. The summed E-state index contributed by atoms with van der Waals surface area (Å²) in [6.07, 6.45) is 0. The van der Waals surface area contributed by atoms with Gasteiger partial charge >= 0.3 is 6.03 Å². The number of nitrogens with one attached hydrogen (secondary N) is 1. The van der Waals surface area contributed by atoms with Crippen LogP contribution in [0, 0.1) is 0 Å². The van der Waals surface area contributed by atoms with Gasteiger partial charge in [-0.25, -0.2) is 4.79 Å². The molecule has 1 unspecified atom stereocenters. The van der Waals surface area contributed by atoms with E-state index in [4.69, 9.17) is 0 Å². The van der Waals surface area contributed by atoms with Gasteiger partial charge in [-0.3, -0.25) is 13.9 Å². The predicted molar refractivity (Wildman–Crippen MR) is 48.7 cm³/mol. The molecule has 1 saturated heterocycles. The van der Waals surface area contributed by atoms with Crippen molar-refractivity contribution in [1.82, 2.24) is 10.2 Å². The Morgan fingerprint density at radius 3 is 2.69 bits per heavy atom. The first kappa shape index (κ1) is 10.2. The molecule has 1 aliphatic rings. The van der Waals surface area contributed by atoms with Gasteiger partial charge in [0.25, 0.3) is 0 Å². The Hall–Kier alpha value is -0.910. The molecule has 1 heterocycles. The lowest BCUT2D eigenvalue weighted by atomic mass is 10.5. The molecule has 0 spiro atoms. The van der Waals surface area contributed by atoms with Crippen LogP contribution in [0.15, 0.2) is 0 Å². The average molecular weight is 204 g/mol. The van der Waals surface area contributed by atoms with Crippen molar-refractivity contribution in [2.45, 2.75) is 6.92 Å². The Balaban J connectivity index is 2.40. The molecule has 0 aliphatic carbocycles. The molecule has 74 valence electrons. The largest absolute Gasteiger partial charge is 0.329 e. The van der Waals surface area contributed by atoms with Crippen molar-refractivity contribution in [2.24, 2.45) is 0 Å². The van der Waals surface area contributed by atoms with Crippen LogP contribution in [0.1, 0.15) is 6.92 Å². The lowest BCUT2D eigenvalue weighted by Gasteiger charge is -2.10. The predicted octanol–water partition coefficient (Wildman–Crippen LogP) is -0.693. The van der Waals surface area contributed by atoms with Crippen LogP contribution in [0.5, 0.6) is 0 Å². The minimum Gasteiger partial charge on any atom is -0.329 e. The Morgan fingerprint density at radius 2 is 2.23 bits per heavy atom. The van der Waals surface area contributed by atoms with E-state index in [0.29, 0.717) is 11.5 Å². The lowest BCUT2D eigenvalue weighted by molar-refractivity contribution is -0.124. The molecule has 0 aromatic heterocycles. The molecule has 0 aromatic carbocycles. The van der Waals surface area contributed by atoms with E-state index < -0.39 is 10.8 Å². The van der Waals surface area contributed by atoms with Crippen molar-refractivity contribution >= 4 is 22.7 Å². The molecule has 1 atom stereocenters. The first-order valence-corrected chi connectivity index (χ1v) is 5.57. The monoisotopic (exact) mass is 204 g/mol. The quantitative estimate of drug-likeness (QED) is 0.616. The lowest BCUT2D eigenvalue weighted by Crippen LogP contribution is -2.34. The molecule has 3 amide bonds. The summed E-state index contributed by atoms with van der Waals surface area (Å²) in [7, 11) is -0.927. The number of imide groups is 1. The summed E-state index contributed by atoms with van der Waals surface area (Å²) >= 11 is 0. The Morgan fingerprint density at radius 1 is 1.54 bits per heavy atom. The van der Waals surface area contributed by atoms with Gasteiger partial charge in [0.1, 0.15) is 0 Å². The van der Waals surface area contributed by atoms with E-state index in [-0.39, 0.29) is 25.0 Å². The van der Waals surface area contributed by atoms with Gasteiger partial charge < -0.3 is 5.32 Å². The fourth-order valence-electron chi connectivity index (χ4n) is 1.02. The van der Waals surface area contributed by atoms with Crippen molar-refractivity contribution in [3.05, 3.63) is 0 Å². The fourth-order valence-corrected chi connectivity index (χ4v) is 1.69. The van der Waals surface area contributed by atoms with Gasteiger partial charge in [-0.1, -0.05) is 6.92 Å². The fraction of sp³-hybridized carbons (Fsp3) is 0.714. The molecule has 5 nitrogen and oxygen atoms in total. The van der Waals surface area contributed by atoms with Crippen LogP contribution in [-0.4, -0.2) is 45.6 Å². The molecule has 13 heavy (non-hydrogen) atoms. The highest BCUT2D eigenvalue weighted by Crippen LogP contribution is 1.98.